The normalized spacial score (nSPS) is 11.6. The van der Waals surface area contributed by atoms with E-state index in [9.17, 15) is 9.59 Å². The molecule has 1 rings (SSSR count). The first-order chi connectivity index (χ1) is 9.86. The highest BCUT2D eigenvalue weighted by atomic mass is 16.2. The van der Waals surface area contributed by atoms with Crippen molar-refractivity contribution in [2.75, 3.05) is 31.7 Å². The lowest BCUT2D eigenvalue weighted by atomic mass is 10.1. The van der Waals surface area contributed by atoms with Gasteiger partial charge in [-0.2, -0.15) is 0 Å². The molecule has 0 aliphatic carbocycles. The van der Waals surface area contributed by atoms with Crippen molar-refractivity contribution >= 4 is 23.2 Å². The Hall–Kier alpha value is -2.24. The van der Waals surface area contributed by atoms with E-state index in [1.54, 1.807) is 39.2 Å². The van der Waals surface area contributed by atoms with Crippen LogP contribution in [0.1, 0.15) is 30.6 Å². The number of amides is 2. The second-order valence-electron chi connectivity index (χ2n) is 5.16. The van der Waals surface area contributed by atoms with E-state index in [-0.39, 0.29) is 11.8 Å². The van der Waals surface area contributed by atoms with E-state index in [2.05, 4.69) is 10.6 Å². The number of hydrogen-bond acceptors (Lipinski definition) is 4. The Morgan fingerprint density at radius 3 is 2.57 bits per heavy atom. The molecule has 1 aromatic carbocycles. The highest BCUT2D eigenvalue weighted by molar-refractivity contribution is 5.96. The van der Waals surface area contributed by atoms with Gasteiger partial charge in [0.25, 0.3) is 5.91 Å². The molecule has 1 atom stereocenters. The highest BCUT2D eigenvalue weighted by Crippen LogP contribution is 2.21. The molecule has 0 fully saturated rings. The molecule has 4 N–H and O–H groups in total. The quantitative estimate of drug-likeness (QED) is 0.690. The molecule has 116 valence electrons. The van der Waals surface area contributed by atoms with E-state index in [4.69, 9.17) is 5.73 Å². The van der Waals surface area contributed by atoms with Gasteiger partial charge in [0, 0.05) is 26.2 Å². The Labute approximate surface area is 125 Å². The maximum Gasteiger partial charge on any atom is 0.253 e. The summed E-state index contributed by atoms with van der Waals surface area (Å²) in [7, 11) is 3.37. The zero-order valence-electron chi connectivity index (χ0n) is 13.1. The van der Waals surface area contributed by atoms with Crippen LogP contribution in [-0.4, -0.2) is 43.4 Å². The van der Waals surface area contributed by atoms with Gasteiger partial charge in [-0.25, -0.2) is 0 Å². The van der Waals surface area contributed by atoms with Crippen LogP contribution >= 0.6 is 0 Å². The van der Waals surface area contributed by atoms with Gasteiger partial charge in [0.2, 0.25) is 5.91 Å². The predicted molar refractivity (Wildman–Crippen MR) is 85.3 cm³/mol. The minimum absolute atomic E-state index is 0.0967. The molecule has 1 aromatic rings. The Kier molecular flexibility index (Phi) is 6.02. The summed E-state index contributed by atoms with van der Waals surface area (Å²) in [5.74, 6) is -0.207. The van der Waals surface area contributed by atoms with Gasteiger partial charge in [0.15, 0.2) is 0 Å². The maximum absolute atomic E-state index is 11.9. The number of hydrogen-bond donors (Lipinski definition) is 3. The topological polar surface area (TPSA) is 87.5 Å². The average Bonchev–Trinajstić information content (AvgIpc) is 2.45. The third-order valence-corrected chi connectivity index (χ3v) is 3.02. The van der Waals surface area contributed by atoms with E-state index in [1.807, 2.05) is 6.92 Å². The third-order valence-electron chi connectivity index (χ3n) is 3.02. The molecule has 0 saturated heterocycles. The molecule has 2 amide bonds. The van der Waals surface area contributed by atoms with Crippen LogP contribution in [0.5, 0.6) is 0 Å². The first-order valence-electron chi connectivity index (χ1n) is 7.02. The lowest BCUT2D eigenvalue weighted by Crippen LogP contribution is -2.38. The molecule has 0 saturated carbocycles. The van der Waals surface area contributed by atoms with Crippen molar-refractivity contribution in [2.45, 2.75) is 26.3 Å². The number of nitrogen functional groups attached to an aromatic ring is 1. The first kappa shape index (κ1) is 16.8. The Morgan fingerprint density at radius 2 is 2.00 bits per heavy atom. The summed E-state index contributed by atoms with van der Waals surface area (Å²) in [4.78, 5) is 25.3. The van der Waals surface area contributed by atoms with Gasteiger partial charge >= 0.3 is 0 Å². The van der Waals surface area contributed by atoms with E-state index in [1.165, 1.54) is 4.90 Å². The van der Waals surface area contributed by atoms with E-state index >= 15 is 0 Å². The van der Waals surface area contributed by atoms with Crippen LogP contribution in [0.4, 0.5) is 11.4 Å². The van der Waals surface area contributed by atoms with E-state index in [0.29, 0.717) is 23.5 Å². The fraction of sp³-hybridized carbons (Fsp3) is 0.467. The first-order valence-corrected chi connectivity index (χ1v) is 7.02. The largest absolute Gasteiger partial charge is 0.397 e. The second kappa shape index (κ2) is 7.52. The number of carbonyl (C=O) groups is 2. The molecule has 0 radical (unpaired) electrons. The fourth-order valence-corrected chi connectivity index (χ4v) is 1.77. The highest BCUT2D eigenvalue weighted by Gasteiger charge is 2.15. The lowest BCUT2D eigenvalue weighted by Gasteiger charge is -2.18. The summed E-state index contributed by atoms with van der Waals surface area (Å²) >= 11 is 0. The summed E-state index contributed by atoms with van der Waals surface area (Å²) in [5.41, 5.74) is 7.51. The summed E-state index contributed by atoms with van der Waals surface area (Å²) in [6.45, 7) is 4.39. The van der Waals surface area contributed by atoms with Crippen LogP contribution in [-0.2, 0) is 4.79 Å². The van der Waals surface area contributed by atoms with Gasteiger partial charge in [-0.05, 0) is 31.5 Å². The van der Waals surface area contributed by atoms with E-state index in [0.717, 1.165) is 6.42 Å². The fourth-order valence-electron chi connectivity index (χ4n) is 1.77. The van der Waals surface area contributed by atoms with Gasteiger partial charge in [-0.3, -0.25) is 9.59 Å². The molecular weight excluding hydrogens is 268 g/mol. The predicted octanol–water partition coefficient (Wildman–Crippen LogP) is 1.30. The van der Waals surface area contributed by atoms with Crippen molar-refractivity contribution in [2.24, 2.45) is 0 Å². The number of nitrogens with zero attached hydrogens (tertiary/aromatic N) is 1. The van der Waals surface area contributed by atoms with Crippen molar-refractivity contribution in [1.29, 1.82) is 0 Å². The molecule has 21 heavy (non-hydrogen) atoms. The molecule has 0 aromatic heterocycles. The van der Waals surface area contributed by atoms with Gasteiger partial charge in [-0.15, -0.1) is 0 Å². The molecular formula is C15H24N4O2. The van der Waals surface area contributed by atoms with Gasteiger partial charge in [0.1, 0.15) is 6.04 Å². The number of carbonyl (C=O) groups excluding carboxylic acids is 2. The summed E-state index contributed by atoms with van der Waals surface area (Å²) in [6.07, 6.45) is 0.882. The van der Waals surface area contributed by atoms with Gasteiger partial charge in [0.05, 0.1) is 11.4 Å². The smallest absolute Gasteiger partial charge is 0.253 e. The molecule has 0 spiro atoms. The Balaban J connectivity index is 2.85. The van der Waals surface area contributed by atoms with Crippen molar-refractivity contribution in [3.05, 3.63) is 23.8 Å². The van der Waals surface area contributed by atoms with Crippen LogP contribution in [0.3, 0.4) is 0 Å². The minimum atomic E-state index is -0.427. The van der Waals surface area contributed by atoms with Gasteiger partial charge in [-0.1, -0.05) is 6.92 Å². The average molecular weight is 292 g/mol. The summed E-state index contributed by atoms with van der Waals surface area (Å²) in [6, 6.07) is 4.57. The minimum Gasteiger partial charge on any atom is -0.397 e. The lowest BCUT2D eigenvalue weighted by molar-refractivity contribution is -0.121. The maximum atomic E-state index is 11.9. The van der Waals surface area contributed by atoms with Crippen LogP contribution in [0.25, 0.3) is 0 Å². The monoisotopic (exact) mass is 292 g/mol. The van der Waals surface area contributed by atoms with Crippen LogP contribution in [0.15, 0.2) is 18.2 Å². The number of rotatable bonds is 6. The zero-order valence-corrected chi connectivity index (χ0v) is 13.1. The molecule has 0 bridgehead atoms. The van der Waals surface area contributed by atoms with Crippen LogP contribution in [0, 0.1) is 0 Å². The Morgan fingerprint density at radius 1 is 1.33 bits per heavy atom. The van der Waals surface area contributed by atoms with Crippen molar-refractivity contribution in [3.8, 4) is 0 Å². The second-order valence-corrected chi connectivity index (χ2v) is 5.16. The van der Waals surface area contributed by atoms with Crippen molar-refractivity contribution in [1.82, 2.24) is 10.2 Å². The molecule has 6 nitrogen and oxygen atoms in total. The van der Waals surface area contributed by atoms with Gasteiger partial charge < -0.3 is 21.3 Å². The standard InChI is InChI=1S/C15H24N4O2/c1-5-8-17-14(20)10(2)18-13-9-11(6-7-12(13)16)15(21)19(3)4/h6-7,9-10,18H,5,8,16H2,1-4H3,(H,17,20). The third kappa shape index (κ3) is 4.66. The van der Waals surface area contributed by atoms with Crippen LogP contribution < -0.4 is 16.4 Å². The number of benzene rings is 1. The molecule has 0 aliphatic rings. The molecule has 1 unspecified atom stereocenters. The molecule has 0 heterocycles. The SMILES string of the molecule is CCCNC(=O)C(C)Nc1cc(C(=O)N(C)C)ccc1N. The summed E-state index contributed by atoms with van der Waals surface area (Å²) in [5, 5.41) is 5.86. The number of anilines is 2. The molecule has 0 aliphatic heterocycles. The molecule has 6 heteroatoms. The van der Waals surface area contributed by atoms with Crippen LogP contribution in [0.2, 0.25) is 0 Å². The number of nitrogens with one attached hydrogen (secondary N) is 2. The zero-order chi connectivity index (χ0) is 16.0. The summed E-state index contributed by atoms with van der Waals surface area (Å²) < 4.78 is 0. The Bertz CT molecular complexity index is 514. The van der Waals surface area contributed by atoms with Crippen molar-refractivity contribution in [3.63, 3.8) is 0 Å². The van der Waals surface area contributed by atoms with E-state index < -0.39 is 6.04 Å². The van der Waals surface area contributed by atoms with Crippen molar-refractivity contribution < 1.29 is 9.59 Å². The number of nitrogens with two attached hydrogens (primary N) is 1.